The summed E-state index contributed by atoms with van der Waals surface area (Å²) in [5, 5.41) is 8.11. The number of furan rings is 1. The molecule has 4 aromatic rings. The van der Waals surface area contributed by atoms with Crippen molar-refractivity contribution in [2.24, 2.45) is 0 Å². The maximum atomic E-state index is 13.1. The zero-order valence-corrected chi connectivity index (χ0v) is 16.3. The molecule has 1 N–H and O–H groups in total. The molecule has 0 saturated carbocycles. The van der Waals surface area contributed by atoms with Crippen LogP contribution in [0.3, 0.4) is 0 Å². The molecule has 2 aromatic heterocycles. The number of nitrogens with zero attached hydrogens (tertiary/aromatic N) is 3. The van der Waals surface area contributed by atoms with Gasteiger partial charge in [-0.05, 0) is 48.0 Å². The Hall–Kier alpha value is -3.58. The third-order valence-electron chi connectivity index (χ3n) is 4.27. The summed E-state index contributed by atoms with van der Waals surface area (Å²) in [6.45, 7) is 0.381. The van der Waals surface area contributed by atoms with Crippen LogP contribution in [0.25, 0.3) is 11.6 Å². The molecule has 0 aliphatic carbocycles. The summed E-state index contributed by atoms with van der Waals surface area (Å²) in [5.74, 6) is 1.39. The number of nitrogens with one attached hydrogen (secondary N) is 1. The Bertz CT molecular complexity index is 1120. The number of ether oxygens (including phenoxy) is 1. The summed E-state index contributed by atoms with van der Waals surface area (Å²) >= 11 is 6.23. The van der Waals surface area contributed by atoms with Gasteiger partial charge in [-0.25, -0.2) is 0 Å². The summed E-state index contributed by atoms with van der Waals surface area (Å²) in [5.41, 5.74) is 1.32. The fourth-order valence-corrected chi connectivity index (χ4v) is 2.95. The standard InChI is InChI=1S/C21H17ClN4O3/c1-28-16-10-8-14(9-11-16)20(27)26-21(23-13-15-5-2-3-6-17(15)22)24-19(25-26)18-7-4-12-29-18/h2-12H,13H2,1H3,(H,23,24,25). The topological polar surface area (TPSA) is 82.2 Å². The van der Waals surface area contributed by atoms with Crippen molar-refractivity contribution in [1.82, 2.24) is 14.8 Å². The number of hydrogen-bond acceptors (Lipinski definition) is 6. The Kier molecular flexibility index (Phi) is 5.31. The molecule has 0 spiro atoms. The van der Waals surface area contributed by atoms with E-state index in [9.17, 15) is 4.79 Å². The Balaban J connectivity index is 1.67. The predicted molar refractivity (Wildman–Crippen MR) is 109 cm³/mol. The number of anilines is 1. The highest BCUT2D eigenvalue weighted by Crippen LogP contribution is 2.22. The van der Waals surface area contributed by atoms with Crippen molar-refractivity contribution in [2.75, 3.05) is 12.4 Å². The third-order valence-corrected chi connectivity index (χ3v) is 4.64. The number of carbonyl (C=O) groups is 1. The molecule has 0 bridgehead atoms. The lowest BCUT2D eigenvalue weighted by molar-refractivity contribution is 0.0947. The summed E-state index contributed by atoms with van der Waals surface area (Å²) in [4.78, 5) is 17.5. The van der Waals surface area contributed by atoms with Crippen molar-refractivity contribution in [1.29, 1.82) is 0 Å². The van der Waals surface area contributed by atoms with E-state index in [1.165, 1.54) is 10.9 Å². The van der Waals surface area contributed by atoms with Crippen LogP contribution in [0.1, 0.15) is 15.9 Å². The first-order valence-corrected chi connectivity index (χ1v) is 9.20. The molecule has 8 heteroatoms. The van der Waals surface area contributed by atoms with Crippen LogP contribution in [0.4, 0.5) is 5.95 Å². The van der Waals surface area contributed by atoms with Crippen LogP contribution in [0, 0.1) is 0 Å². The molecule has 0 aliphatic heterocycles. The van der Waals surface area contributed by atoms with Crippen LogP contribution in [-0.2, 0) is 6.54 Å². The zero-order chi connectivity index (χ0) is 20.2. The summed E-state index contributed by atoms with van der Waals surface area (Å²) in [6.07, 6.45) is 1.53. The fraction of sp³-hybridized carbons (Fsp3) is 0.0952. The number of carbonyl (C=O) groups excluding carboxylic acids is 1. The molecule has 0 atom stereocenters. The SMILES string of the molecule is COc1ccc(C(=O)n2nc(-c3ccco3)nc2NCc2ccccc2Cl)cc1. The average molecular weight is 409 g/mol. The minimum atomic E-state index is -0.334. The van der Waals surface area contributed by atoms with Crippen molar-refractivity contribution in [3.63, 3.8) is 0 Å². The molecule has 0 fully saturated rings. The highest BCUT2D eigenvalue weighted by molar-refractivity contribution is 6.31. The molecule has 2 aromatic carbocycles. The number of halogens is 1. The van der Waals surface area contributed by atoms with Crippen LogP contribution in [0.15, 0.2) is 71.3 Å². The van der Waals surface area contributed by atoms with Crippen molar-refractivity contribution < 1.29 is 13.9 Å². The van der Waals surface area contributed by atoms with Gasteiger partial charge in [-0.3, -0.25) is 4.79 Å². The number of aromatic nitrogens is 3. The molecule has 0 amide bonds. The Morgan fingerprint density at radius 1 is 1.14 bits per heavy atom. The van der Waals surface area contributed by atoms with Crippen molar-refractivity contribution >= 4 is 23.5 Å². The second-order valence-electron chi connectivity index (χ2n) is 6.13. The zero-order valence-electron chi connectivity index (χ0n) is 15.5. The van der Waals surface area contributed by atoms with Gasteiger partial charge in [0.15, 0.2) is 5.76 Å². The first kappa shape index (κ1) is 18.8. The van der Waals surface area contributed by atoms with Crippen molar-refractivity contribution in [2.45, 2.75) is 6.54 Å². The molecule has 0 unspecified atom stereocenters. The molecule has 2 heterocycles. The van der Waals surface area contributed by atoms with Gasteiger partial charge in [0.1, 0.15) is 5.75 Å². The summed E-state index contributed by atoms with van der Waals surface area (Å²) in [6, 6.07) is 17.7. The molecule has 29 heavy (non-hydrogen) atoms. The van der Waals surface area contributed by atoms with Crippen LogP contribution in [0.5, 0.6) is 5.75 Å². The predicted octanol–water partition coefficient (Wildman–Crippen LogP) is 4.50. The average Bonchev–Trinajstić information content (AvgIpc) is 3.43. The monoisotopic (exact) mass is 408 g/mol. The Morgan fingerprint density at radius 3 is 2.62 bits per heavy atom. The minimum Gasteiger partial charge on any atom is -0.497 e. The maximum Gasteiger partial charge on any atom is 0.281 e. The molecule has 0 aliphatic rings. The second kappa shape index (κ2) is 8.20. The molecular formula is C21H17ClN4O3. The Morgan fingerprint density at radius 2 is 1.93 bits per heavy atom. The van der Waals surface area contributed by atoms with Crippen LogP contribution in [0.2, 0.25) is 5.02 Å². The molecule has 4 rings (SSSR count). The highest BCUT2D eigenvalue weighted by atomic mass is 35.5. The van der Waals surface area contributed by atoms with Crippen molar-refractivity contribution in [3.8, 4) is 17.3 Å². The number of hydrogen-bond donors (Lipinski definition) is 1. The lowest BCUT2D eigenvalue weighted by atomic mass is 10.2. The fourth-order valence-electron chi connectivity index (χ4n) is 2.75. The molecule has 0 radical (unpaired) electrons. The minimum absolute atomic E-state index is 0.289. The van der Waals surface area contributed by atoms with E-state index in [4.69, 9.17) is 20.8 Å². The lowest BCUT2D eigenvalue weighted by Crippen LogP contribution is -2.17. The van der Waals surface area contributed by atoms with E-state index in [1.807, 2.05) is 18.2 Å². The van der Waals surface area contributed by atoms with Gasteiger partial charge in [0.2, 0.25) is 11.8 Å². The smallest absolute Gasteiger partial charge is 0.281 e. The van der Waals surface area contributed by atoms with Crippen LogP contribution < -0.4 is 10.1 Å². The van der Waals surface area contributed by atoms with Crippen molar-refractivity contribution in [3.05, 3.63) is 83.1 Å². The number of rotatable bonds is 6. The van der Waals surface area contributed by atoms with E-state index >= 15 is 0 Å². The van der Waals surface area contributed by atoms with Crippen LogP contribution in [-0.4, -0.2) is 27.8 Å². The van der Waals surface area contributed by atoms with Gasteiger partial charge < -0.3 is 14.5 Å². The first-order chi connectivity index (χ1) is 14.2. The third kappa shape index (κ3) is 4.00. The quantitative estimate of drug-likeness (QED) is 0.505. The molecular weight excluding hydrogens is 392 g/mol. The molecule has 146 valence electrons. The second-order valence-corrected chi connectivity index (χ2v) is 6.53. The molecule has 7 nitrogen and oxygen atoms in total. The van der Waals surface area contributed by atoms with Crippen LogP contribution >= 0.6 is 11.6 Å². The largest absolute Gasteiger partial charge is 0.497 e. The van der Waals surface area contributed by atoms with E-state index in [1.54, 1.807) is 49.6 Å². The van der Waals surface area contributed by atoms with Gasteiger partial charge in [0, 0.05) is 17.1 Å². The summed E-state index contributed by atoms with van der Waals surface area (Å²) in [7, 11) is 1.57. The van der Waals surface area contributed by atoms with E-state index in [-0.39, 0.29) is 11.9 Å². The number of benzene rings is 2. The lowest BCUT2D eigenvalue weighted by Gasteiger charge is -2.09. The molecule has 0 saturated heterocycles. The number of methoxy groups -OCH3 is 1. The van der Waals surface area contributed by atoms with Gasteiger partial charge >= 0.3 is 0 Å². The normalized spacial score (nSPS) is 10.7. The van der Waals surface area contributed by atoms with E-state index in [0.717, 1.165) is 5.56 Å². The van der Waals surface area contributed by atoms with Gasteiger partial charge in [-0.2, -0.15) is 9.67 Å². The van der Waals surface area contributed by atoms with Gasteiger partial charge in [0.05, 0.1) is 13.4 Å². The summed E-state index contributed by atoms with van der Waals surface area (Å²) < 4.78 is 11.7. The van der Waals surface area contributed by atoms with E-state index in [0.29, 0.717) is 34.5 Å². The van der Waals surface area contributed by atoms with Gasteiger partial charge in [-0.15, -0.1) is 5.10 Å². The maximum absolute atomic E-state index is 13.1. The van der Waals surface area contributed by atoms with Gasteiger partial charge in [-0.1, -0.05) is 29.8 Å². The first-order valence-electron chi connectivity index (χ1n) is 8.82. The van der Waals surface area contributed by atoms with E-state index in [2.05, 4.69) is 15.4 Å². The Labute approximate surface area is 171 Å². The van der Waals surface area contributed by atoms with Gasteiger partial charge in [0.25, 0.3) is 5.91 Å². The highest BCUT2D eigenvalue weighted by Gasteiger charge is 2.20. The van der Waals surface area contributed by atoms with E-state index < -0.39 is 0 Å².